The fraction of sp³-hybridized carbons (Fsp3) is 0.350. The molecule has 1 amide bonds. The minimum absolute atomic E-state index is 0.208. The van der Waals surface area contributed by atoms with Crippen LogP contribution in [0.3, 0.4) is 0 Å². The Morgan fingerprint density at radius 2 is 1.79 bits per heavy atom. The smallest absolute Gasteiger partial charge is 0.411 e. The summed E-state index contributed by atoms with van der Waals surface area (Å²) in [4.78, 5) is 12.1. The van der Waals surface area contributed by atoms with Gasteiger partial charge >= 0.3 is 6.09 Å². The van der Waals surface area contributed by atoms with E-state index in [9.17, 15) is 4.79 Å². The number of methoxy groups -OCH3 is 1. The van der Waals surface area contributed by atoms with Gasteiger partial charge in [0.05, 0.1) is 7.11 Å². The standard InChI is InChI=1S/C20H25NO3/c1-5-16-9-8-15(12-19(16)23-4)13-24-20(22)21-18-10-7-14(3)11-17(18)6-2/h7-12H,5-6,13H2,1-4H3,(H,21,22). The van der Waals surface area contributed by atoms with Crippen LogP contribution >= 0.6 is 0 Å². The van der Waals surface area contributed by atoms with Crippen LogP contribution in [0.4, 0.5) is 10.5 Å². The molecule has 0 atom stereocenters. The van der Waals surface area contributed by atoms with Gasteiger partial charge in [0.15, 0.2) is 0 Å². The molecule has 0 aromatic heterocycles. The van der Waals surface area contributed by atoms with Crippen LogP contribution in [0.5, 0.6) is 5.75 Å². The SMILES string of the molecule is CCc1cc(C)ccc1NC(=O)OCc1ccc(CC)c(OC)c1. The molecule has 0 spiro atoms. The number of benzene rings is 2. The predicted octanol–water partition coefficient (Wildman–Crippen LogP) is 4.88. The zero-order chi connectivity index (χ0) is 17.5. The number of aryl methyl sites for hydroxylation is 3. The minimum atomic E-state index is -0.452. The van der Waals surface area contributed by atoms with Crippen molar-refractivity contribution in [3.63, 3.8) is 0 Å². The fourth-order valence-electron chi connectivity index (χ4n) is 2.60. The second-order valence-corrected chi connectivity index (χ2v) is 5.72. The van der Waals surface area contributed by atoms with Gasteiger partial charge in [0.2, 0.25) is 0 Å². The van der Waals surface area contributed by atoms with Crippen molar-refractivity contribution in [2.45, 2.75) is 40.2 Å². The predicted molar refractivity (Wildman–Crippen MR) is 96.7 cm³/mol. The number of amides is 1. The van der Waals surface area contributed by atoms with E-state index in [1.54, 1.807) is 7.11 Å². The Morgan fingerprint density at radius 1 is 1.04 bits per heavy atom. The van der Waals surface area contributed by atoms with E-state index in [2.05, 4.69) is 25.2 Å². The maximum absolute atomic E-state index is 12.1. The molecule has 0 fully saturated rings. The van der Waals surface area contributed by atoms with Crippen molar-refractivity contribution in [1.82, 2.24) is 0 Å². The molecule has 0 saturated carbocycles. The van der Waals surface area contributed by atoms with Crippen LogP contribution < -0.4 is 10.1 Å². The van der Waals surface area contributed by atoms with Crippen LogP contribution in [-0.4, -0.2) is 13.2 Å². The lowest BCUT2D eigenvalue weighted by molar-refractivity contribution is 0.155. The molecule has 0 saturated heterocycles. The third kappa shape index (κ3) is 4.51. The average Bonchev–Trinajstić information content (AvgIpc) is 2.61. The molecule has 0 unspecified atom stereocenters. The Labute approximate surface area is 143 Å². The molecule has 0 aliphatic carbocycles. The maximum atomic E-state index is 12.1. The number of rotatable bonds is 6. The lowest BCUT2D eigenvalue weighted by Crippen LogP contribution is -2.14. The molecular formula is C20H25NO3. The van der Waals surface area contributed by atoms with Crippen molar-refractivity contribution in [3.05, 3.63) is 58.7 Å². The number of ether oxygens (including phenoxy) is 2. The van der Waals surface area contributed by atoms with Gasteiger partial charge in [-0.3, -0.25) is 5.32 Å². The molecule has 0 bridgehead atoms. The van der Waals surface area contributed by atoms with E-state index in [-0.39, 0.29) is 6.61 Å². The largest absolute Gasteiger partial charge is 0.496 e. The van der Waals surface area contributed by atoms with Crippen molar-refractivity contribution in [2.24, 2.45) is 0 Å². The highest BCUT2D eigenvalue weighted by molar-refractivity contribution is 5.85. The quantitative estimate of drug-likeness (QED) is 0.823. The molecule has 0 aliphatic heterocycles. The molecule has 2 rings (SSSR count). The van der Waals surface area contributed by atoms with Crippen LogP contribution in [0.1, 0.15) is 36.1 Å². The molecule has 4 heteroatoms. The number of anilines is 1. The van der Waals surface area contributed by atoms with Crippen LogP contribution in [0.2, 0.25) is 0 Å². The Balaban J connectivity index is 1.99. The van der Waals surface area contributed by atoms with Gasteiger partial charge in [0.1, 0.15) is 12.4 Å². The summed E-state index contributed by atoms with van der Waals surface area (Å²) in [6.45, 7) is 6.38. The van der Waals surface area contributed by atoms with Gasteiger partial charge in [-0.1, -0.05) is 43.7 Å². The van der Waals surface area contributed by atoms with Crippen molar-refractivity contribution in [3.8, 4) is 5.75 Å². The summed E-state index contributed by atoms with van der Waals surface area (Å²) >= 11 is 0. The lowest BCUT2D eigenvalue weighted by Gasteiger charge is -2.12. The number of carbonyl (C=O) groups is 1. The first-order chi connectivity index (χ1) is 11.6. The summed E-state index contributed by atoms with van der Waals surface area (Å²) in [6.07, 6.45) is 1.30. The normalized spacial score (nSPS) is 10.3. The number of nitrogens with one attached hydrogen (secondary N) is 1. The molecule has 1 N–H and O–H groups in total. The van der Waals surface area contributed by atoms with Crippen molar-refractivity contribution >= 4 is 11.8 Å². The minimum Gasteiger partial charge on any atom is -0.496 e. The van der Waals surface area contributed by atoms with Gasteiger partial charge in [0, 0.05) is 5.69 Å². The van der Waals surface area contributed by atoms with Crippen molar-refractivity contribution in [1.29, 1.82) is 0 Å². The Bertz CT molecular complexity index is 710. The van der Waals surface area contributed by atoms with Crippen LogP contribution in [0.15, 0.2) is 36.4 Å². The first-order valence-electron chi connectivity index (χ1n) is 8.26. The maximum Gasteiger partial charge on any atom is 0.411 e. The lowest BCUT2D eigenvalue weighted by atomic mass is 10.1. The summed E-state index contributed by atoms with van der Waals surface area (Å²) in [7, 11) is 1.65. The first kappa shape index (κ1) is 17.9. The second kappa shape index (κ2) is 8.39. The topological polar surface area (TPSA) is 47.6 Å². The molecule has 128 valence electrons. The second-order valence-electron chi connectivity index (χ2n) is 5.72. The summed E-state index contributed by atoms with van der Waals surface area (Å²) in [5.74, 6) is 0.825. The van der Waals surface area contributed by atoms with Crippen molar-refractivity contribution < 1.29 is 14.3 Å². The third-order valence-electron chi connectivity index (χ3n) is 3.98. The van der Waals surface area contributed by atoms with E-state index < -0.39 is 6.09 Å². The number of hydrogen-bond acceptors (Lipinski definition) is 3. The van der Waals surface area contributed by atoms with Gasteiger partial charge in [-0.25, -0.2) is 4.79 Å². The van der Waals surface area contributed by atoms with E-state index in [1.807, 2.05) is 37.3 Å². The highest BCUT2D eigenvalue weighted by Crippen LogP contribution is 2.22. The van der Waals surface area contributed by atoms with Crippen LogP contribution in [-0.2, 0) is 24.2 Å². The van der Waals surface area contributed by atoms with Gasteiger partial charge < -0.3 is 9.47 Å². The first-order valence-corrected chi connectivity index (χ1v) is 8.26. The fourth-order valence-corrected chi connectivity index (χ4v) is 2.60. The monoisotopic (exact) mass is 327 g/mol. The molecule has 0 radical (unpaired) electrons. The van der Waals surface area contributed by atoms with E-state index >= 15 is 0 Å². The summed E-state index contributed by atoms with van der Waals surface area (Å²) < 4.78 is 10.7. The van der Waals surface area contributed by atoms with Gasteiger partial charge in [-0.05, 0) is 48.6 Å². The molecule has 24 heavy (non-hydrogen) atoms. The molecule has 2 aromatic carbocycles. The average molecular weight is 327 g/mol. The Hall–Kier alpha value is -2.49. The highest BCUT2D eigenvalue weighted by atomic mass is 16.5. The van der Waals surface area contributed by atoms with Crippen molar-refractivity contribution in [2.75, 3.05) is 12.4 Å². The molecule has 0 heterocycles. The Kier molecular flexibility index (Phi) is 6.24. The highest BCUT2D eigenvalue weighted by Gasteiger charge is 2.09. The van der Waals surface area contributed by atoms with E-state index in [1.165, 1.54) is 5.56 Å². The number of hydrogen-bond donors (Lipinski definition) is 1. The van der Waals surface area contributed by atoms with Gasteiger partial charge in [0.25, 0.3) is 0 Å². The summed E-state index contributed by atoms with van der Waals surface area (Å²) in [6, 6.07) is 11.8. The van der Waals surface area contributed by atoms with Crippen LogP contribution in [0.25, 0.3) is 0 Å². The van der Waals surface area contributed by atoms with E-state index in [0.29, 0.717) is 0 Å². The molecule has 2 aromatic rings. The molecule has 4 nitrogen and oxygen atoms in total. The van der Waals surface area contributed by atoms with E-state index in [4.69, 9.17) is 9.47 Å². The Morgan fingerprint density at radius 3 is 2.46 bits per heavy atom. The molecule has 0 aliphatic rings. The molecular weight excluding hydrogens is 302 g/mol. The van der Waals surface area contributed by atoms with Gasteiger partial charge in [-0.2, -0.15) is 0 Å². The summed E-state index contributed by atoms with van der Waals surface area (Å²) in [5, 5.41) is 2.82. The zero-order valence-corrected chi connectivity index (χ0v) is 14.8. The van der Waals surface area contributed by atoms with Gasteiger partial charge in [-0.15, -0.1) is 0 Å². The third-order valence-corrected chi connectivity index (χ3v) is 3.98. The number of carbonyl (C=O) groups excluding carboxylic acids is 1. The zero-order valence-electron chi connectivity index (χ0n) is 14.8. The van der Waals surface area contributed by atoms with Crippen LogP contribution in [0, 0.1) is 6.92 Å². The van der Waals surface area contributed by atoms with E-state index in [0.717, 1.165) is 41.0 Å². The summed E-state index contributed by atoms with van der Waals surface area (Å²) in [5.41, 5.74) is 5.11.